The topological polar surface area (TPSA) is 52.7 Å². The lowest BCUT2D eigenvalue weighted by Crippen LogP contribution is -2.57. The van der Waals surface area contributed by atoms with Crippen LogP contribution in [0, 0.1) is 0 Å². The lowest BCUT2D eigenvalue weighted by Gasteiger charge is -2.47. The Morgan fingerprint density at radius 3 is 2.71 bits per heavy atom. The molecule has 28 heavy (non-hydrogen) atoms. The van der Waals surface area contributed by atoms with Crippen LogP contribution in [0.1, 0.15) is 46.9 Å². The van der Waals surface area contributed by atoms with E-state index in [0.717, 1.165) is 38.0 Å². The normalized spacial score (nSPS) is 18.5. The third-order valence-corrected chi connectivity index (χ3v) is 6.15. The molecule has 0 saturated carbocycles. The second kappa shape index (κ2) is 7.64. The van der Waals surface area contributed by atoms with Crippen molar-refractivity contribution < 1.29 is 9.59 Å². The Balaban J connectivity index is 1.65. The molecule has 4 rings (SSSR count). The molecule has 2 amide bonds. The van der Waals surface area contributed by atoms with Crippen LogP contribution < -0.4 is 10.2 Å². The van der Waals surface area contributed by atoms with Crippen molar-refractivity contribution in [2.75, 3.05) is 23.3 Å². The van der Waals surface area contributed by atoms with Gasteiger partial charge >= 0.3 is 0 Å². The molecule has 2 aliphatic rings. The lowest BCUT2D eigenvalue weighted by molar-refractivity contribution is 0.0582. The molecule has 0 unspecified atom stereocenters. The predicted molar refractivity (Wildman–Crippen MR) is 113 cm³/mol. The first-order valence-corrected chi connectivity index (χ1v) is 10.2. The van der Waals surface area contributed by atoms with E-state index < -0.39 is 0 Å². The number of benzene rings is 2. The van der Waals surface area contributed by atoms with E-state index in [0.29, 0.717) is 26.9 Å². The second-order valence-electron chi connectivity index (χ2n) is 7.08. The van der Waals surface area contributed by atoms with Crippen molar-refractivity contribution in [3.8, 4) is 0 Å². The summed E-state index contributed by atoms with van der Waals surface area (Å²) in [4.78, 5) is 29.9. The van der Waals surface area contributed by atoms with Crippen LogP contribution in [0.15, 0.2) is 36.4 Å². The standard InChI is InChI=1S/C21H21Cl2N3O2/c1-2-25-18-11-13(20(27)24-14-7-9-16(22)17(23)12-14)6-8-15(18)21(28)26-10-4-3-5-19(25)26/h6-9,11-12,19H,2-5,10H2,1H3,(H,24,27)/t19-/m1/s1. The largest absolute Gasteiger partial charge is 0.351 e. The molecular weight excluding hydrogens is 397 g/mol. The van der Waals surface area contributed by atoms with Crippen molar-refractivity contribution in [1.29, 1.82) is 0 Å². The third-order valence-electron chi connectivity index (χ3n) is 5.41. The Kier molecular flexibility index (Phi) is 5.21. The first-order chi connectivity index (χ1) is 13.5. The molecule has 0 bridgehead atoms. The summed E-state index contributed by atoms with van der Waals surface area (Å²) in [5.74, 6) is -0.198. The Morgan fingerprint density at radius 1 is 1.14 bits per heavy atom. The number of piperidine rings is 1. The van der Waals surface area contributed by atoms with Gasteiger partial charge in [-0.2, -0.15) is 0 Å². The minimum atomic E-state index is -0.254. The number of nitrogens with one attached hydrogen (secondary N) is 1. The molecule has 2 heterocycles. The minimum absolute atomic E-state index is 0.0563. The third kappa shape index (κ3) is 3.33. The Bertz CT molecular complexity index is 947. The number of amides is 2. The highest BCUT2D eigenvalue weighted by atomic mass is 35.5. The zero-order chi connectivity index (χ0) is 19.8. The fraction of sp³-hybridized carbons (Fsp3) is 0.333. The molecule has 5 nitrogen and oxygen atoms in total. The van der Waals surface area contributed by atoms with Crippen molar-refractivity contribution in [3.63, 3.8) is 0 Å². The maximum Gasteiger partial charge on any atom is 0.257 e. The number of carbonyl (C=O) groups excluding carboxylic acids is 2. The molecule has 0 spiro atoms. The molecular formula is C21H21Cl2N3O2. The number of halogens is 2. The smallest absolute Gasteiger partial charge is 0.257 e. The summed E-state index contributed by atoms with van der Waals surface area (Å²) in [7, 11) is 0. The number of anilines is 2. The van der Waals surface area contributed by atoms with Crippen LogP contribution in [0.4, 0.5) is 11.4 Å². The summed E-state index contributed by atoms with van der Waals surface area (Å²) in [6.45, 7) is 3.65. The molecule has 1 atom stereocenters. The summed E-state index contributed by atoms with van der Waals surface area (Å²) >= 11 is 12.0. The number of hydrogen-bond donors (Lipinski definition) is 1. The lowest BCUT2D eigenvalue weighted by atomic mass is 9.97. The van der Waals surface area contributed by atoms with Gasteiger partial charge in [-0.3, -0.25) is 9.59 Å². The number of hydrogen-bond acceptors (Lipinski definition) is 3. The first-order valence-electron chi connectivity index (χ1n) is 9.47. The van der Waals surface area contributed by atoms with Crippen molar-refractivity contribution in [2.24, 2.45) is 0 Å². The molecule has 1 saturated heterocycles. The fourth-order valence-corrected chi connectivity index (χ4v) is 4.34. The zero-order valence-electron chi connectivity index (χ0n) is 15.5. The number of rotatable bonds is 3. The first kappa shape index (κ1) is 19.1. The molecule has 0 radical (unpaired) electrons. The molecule has 0 aromatic heterocycles. The van der Waals surface area contributed by atoms with E-state index in [-0.39, 0.29) is 18.0 Å². The molecule has 1 N–H and O–H groups in total. The minimum Gasteiger partial charge on any atom is -0.351 e. The van der Waals surface area contributed by atoms with Crippen LogP contribution in [0.2, 0.25) is 10.0 Å². The van der Waals surface area contributed by atoms with Gasteiger partial charge in [-0.15, -0.1) is 0 Å². The van der Waals surface area contributed by atoms with Gasteiger partial charge in [0.2, 0.25) is 0 Å². The monoisotopic (exact) mass is 417 g/mol. The van der Waals surface area contributed by atoms with Crippen molar-refractivity contribution in [1.82, 2.24) is 4.90 Å². The van der Waals surface area contributed by atoms with Gasteiger partial charge in [0.25, 0.3) is 11.8 Å². The fourth-order valence-electron chi connectivity index (χ4n) is 4.04. The number of carbonyl (C=O) groups is 2. The van der Waals surface area contributed by atoms with E-state index >= 15 is 0 Å². The van der Waals surface area contributed by atoms with Crippen LogP contribution in [0.3, 0.4) is 0 Å². The van der Waals surface area contributed by atoms with Gasteiger partial charge in [-0.05, 0) is 62.6 Å². The van der Waals surface area contributed by atoms with Gasteiger partial charge in [0.05, 0.1) is 21.3 Å². The summed E-state index contributed by atoms with van der Waals surface area (Å²) in [6, 6.07) is 10.2. The van der Waals surface area contributed by atoms with E-state index in [9.17, 15) is 9.59 Å². The highest BCUT2D eigenvalue weighted by Gasteiger charge is 2.38. The van der Waals surface area contributed by atoms with Crippen molar-refractivity contribution >= 4 is 46.4 Å². The molecule has 7 heteroatoms. The van der Waals surface area contributed by atoms with Gasteiger partial charge in [0, 0.05) is 24.3 Å². The van der Waals surface area contributed by atoms with Crippen LogP contribution in [-0.2, 0) is 0 Å². The number of nitrogens with zero attached hydrogens (tertiary/aromatic N) is 2. The van der Waals surface area contributed by atoms with E-state index in [1.807, 2.05) is 11.0 Å². The quantitative estimate of drug-likeness (QED) is 0.760. The molecule has 2 aromatic rings. The van der Waals surface area contributed by atoms with Crippen molar-refractivity contribution in [3.05, 3.63) is 57.6 Å². The summed E-state index contributed by atoms with van der Waals surface area (Å²) in [5, 5.41) is 3.65. The number of fused-ring (bicyclic) bond motifs is 2. The van der Waals surface area contributed by atoms with E-state index in [4.69, 9.17) is 23.2 Å². The van der Waals surface area contributed by atoms with E-state index in [2.05, 4.69) is 17.1 Å². The zero-order valence-corrected chi connectivity index (χ0v) is 17.1. The van der Waals surface area contributed by atoms with Crippen LogP contribution in [-0.4, -0.2) is 36.0 Å². The van der Waals surface area contributed by atoms with Gasteiger partial charge < -0.3 is 15.1 Å². The highest BCUT2D eigenvalue weighted by Crippen LogP contribution is 2.36. The summed E-state index contributed by atoms with van der Waals surface area (Å²) in [5.41, 5.74) is 2.56. The Hall–Kier alpha value is -2.24. The second-order valence-corrected chi connectivity index (χ2v) is 7.89. The van der Waals surface area contributed by atoms with E-state index in [1.165, 1.54) is 0 Å². The van der Waals surface area contributed by atoms with Crippen LogP contribution >= 0.6 is 23.2 Å². The van der Waals surface area contributed by atoms with Gasteiger partial charge in [0.1, 0.15) is 6.17 Å². The average Bonchev–Trinajstić information content (AvgIpc) is 2.71. The maximum absolute atomic E-state index is 12.9. The SMILES string of the molecule is CCN1c2cc(C(=O)Nc3ccc(Cl)c(Cl)c3)ccc2C(=O)N2CCCC[C@@H]21. The average molecular weight is 418 g/mol. The highest BCUT2D eigenvalue weighted by molar-refractivity contribution is 6.42. The predicted octanol–water partition coefficient (Wildman–Crippen LogP) is 5.04. The molecule has 1 fully saturated rings. The van der Waals surface area contributed by atoms with Gasteiger partial charge in [-0.25, -0.2) is 0 Å². The Labute approximate surface area is 174 Å². The molecule has 2 aromatic carbocycles. The van der Waals surface area contributed by atoms with E-state index in [1.54, 1.807) is 30.3 Å². The van der Waals surface area contributed by atoms with Crippen LogP contribution in [0.25, 0.3) is 0 Å². The van der Waals surface area contributed by atoms with Crippen LogP contribution in [0.5, 0.6) is 0 Å². The van der Waals surface area contributed by atoms with Gasteiger partial charge in [0.15, 0.2) is 0 Å². The summed E-state index contributed by atoms with van der Waals surface area (Å²) < 4.78 is 0. The van der Waals surface area contributed by atoms with Gasteiger partial charge in [-0.1, -0.05) is 23.2 Å². The molecule has 146 valence electrons. The maximum atomic E-state index is 12.9. The molecule has 2 aliphatic heterocycles. The summed E-state index contributed by atoms with van der Waals surface area (Å²) in [6.07, 6.45) is 3.18. The molecule has 0 aliphatic carbocycles. The Morgan fingerprint density at radius 2 is 1.96 bits per heavy atom. The van der Waals surface area contributed by atoms with Crippen molar-refractivity contribution in [2.45, 2.75) is 32.4 Å².